The van der Waals surface area contributed by atoms with Gasteiger partial charge < -0.3 is 15.1 Å². The Bertz CT molecular complexity index is 775. The molecule has 1 N–H and O–H groups in total. The van der Waals surface area contributed by atoms with Crippen molar-refractivity contribution in [3.05, 3.63) is 60.2 Å². The van der Waals surface area contributed by atoms with E-state index in [2.05, 4.69) is 10.2 Å². The summed E-state index contributed by atoms with van der Waals surface area (Å²) in [5.74, 6) is -3.22. The molecule has 2 aromatic carbocycles. The van der Waals surface area contributed by atoms with E-state index in [1.807, 2.05) is 30.3 Å². The van der Waals surface area contributed by atoms with Crippen molar-refractivity contribution < 1.29 is 18.4 Å². The summed E-state index contributed by atoms with van der Waals surface area (Å²) in [6.07, 6.45) is 0. The maximum absolute atomic E-state index is 13.6. The van der Waals surface area contributed by atoms with Crippen LogP contribution >= 0.6 is 0 Å². The molecular formula is C18H17F2N3O2. The molecule has 1 aliphatic rings. The molecule has 0 aromatic heterocycles. The van der Waals surface area contributed by atoms with Gasteiger partial charge in [-0.25, -0.2) is 8.78 Å². The fourth-order valence-electron chi connectivity index (χ4n) is 2.72. The van der Waals surface area contributed by atoms with Crippen LogP contribution in [0.15, 0.2) is 48.5 Å². The first-order valence-corrected chi connectivity index (χ1v) is 7.90. The summed E-state index contributed by atoms with van der Waals surface area (Å²) in [5, 5.41) is 2.13. The topological polar surface area (TPSA) is 52.7 Å². The van der Waals surface area contributed by atoms with Gasteiger partial charge in [0.1, 0.15) is 11.6 Å². The summed E-state index contributed by atoms with van der Waals surface area (Å²) in [7, 11) is 0. The van der Waals surface area contributed by atoms with E-state index in [4.69, 9.17) is 0 Å². The molecule has 3 rings (SSSR count). The standard InChI is InChI=1S/C18H17F2N3O2/c19-13-6-7-15(20)16(12-13)21-17(24)18(25)23-10-8-22(9-11-23)14-4-2-1-3-5-14/h1-7,12H,8-11H2,(H,21,24). The van der Waals surface area contributed by atoms with Crippen molar-refractivity contribution in [2.75, 3.05) is 36.4 Å². The molecule has 0 saturated carbocycles. The second kappa shape index (κ2) is 7.29. The Hall–Kier alpha value is -2.96. The number of anilines is 2. The number of carbonyl (C=O) groups excluding carboxylic acids is 2. The maximum Gasteiger partial charge on any atom is 0.313 e. The summed E-state index contributed by atoms with van der Waals surface area (Å²) in [4.78, 5) is 27.8. The zero-order valence-electron chi connectivity index (χ0n) is 13.4. The molecule has 1 fully saturated rings. The third kappa shape index (κ3) is 3.93. The average Bonchev–Trinajstić information content (AvgIpc) is 2.65. The van der Waals surface area contributed by atoms with Gasteiger partial charge in [0.25, 0.3) is 0 Å². The van der Waals surface area contributed by atoms with Crippen LogP contribution < -0.4 is 10.2 Å². The van der Waals surface area contributed by atoms with Crippen LogP contribution in [0.25, 0.3) is 0 Å². The van der Waals surface area contributed by atoms with E-state index in [9.17, 15) is 18.4 Å². The zero-order chi connectivity index (χ0) is 17.8. The van der Waals surface area contributed by atoms with Crippen molar-refractivity contribution in [1.29, 1.82) is 0 Å². The van der Waals surface area contributed by atoms with Gasteiger partial charge in [-0.15, -0.1) is 0 Å². The van der Waals surface area contributed by atoms with Crippen LogP contribution in [-0.2, 0) is 9.59 Å². The maximum atomic E-state index is 13.6. The van der Waals surface area contributed by atoms with E-state index >= 15 is 0 Å². The van der Waals surface area contributed by atoms with Crippen molar-refractivity contribution in [1.82, 2.24) is 4.90 Å². The number of piperazine rings is 1. The highest BCUT2D eigenvalue weighted by atomic mass is 19.1. The van der Waals surface area contributed by atoms with Gasteiger partial charge in [-0.2, -0.15) is 0 Å². The van der Waals surface area contributed by atoms with Gasteiger partial charge in [-0.1, -0.05) is 18.2 Å². The molecule has 1 saturated heterocycles. The Morgan fingerprint density at radius 2 is 1.60 bits per heavy atom. The lowest BCUT2D eigenvalue weighted by molar-refractivity contribution is -0.143. The van der Waals surface area contributed by atoms with Gasteiger partial charge in [0.2, 0.25) is 0 Å². The number of nitrogens with zero attached hydrogens (tertiary/aromatic N) is 2. The molecular weight excluding hydrogens is 328 g/mol. The second-order valence-corrected chi connectivity index (χ2v) is 5.69. The van der Waals surface area contributed by atoms with Crippen LogP contribution in [0.4, 0.5) is 20.2 Å². The molecule has 0 unspecified atom stereocenters. The van der Waals surface area contributed by atoms with Crippen LogP contribution in [0.5, 0.6) is 0 Å². The van der Waals surface area contributed by atoms with E-state index in [1.54, 1.807) is 0 Å². The van der Waals surface area contributed by atoms with E-state index in [1.165, 1.54) is 4.90 Å². The first-order chi connectivity index (χ1) is 12.0. The minimum Gasteiger partial charge on any atom is -0.368 e. The number of carbonyl (C=O) groups is 2. The molecule has 0 spiro atoms. The lowest BCUT2D eigenvalue weighted by Crippen LogP contribution is -2.51. The van der Waals surface area contributed by atoms with Crippen LogP contribution in [0.2, 0.25) is 0 Å². The van der Waals surface area contributed by atoms with Crippen molar-refractivity contribution in [3.8, 4) is 0 Å². The van der Waals surface area contributed by atoms with E-state index in [-0.39, 0.29) is 5.69 Å². The summed E-state index contributed by atoms with van der Waals surface area (Å²) in [6, 6.07) is 12.5. The Morgan fingerprint density at radius 3 is 2.28 bits per heavy atom. The highest BCUT2D eigenvalue weighted by molar-refractivity contribution is 6.39. The van der Waals surface area contributed by atoms with Crippen LogP contribution in [-0.4, -0.2) is 42.9 Å². The molecule has 0 radical (unpaired) electrons. The number of halogens is 2. The largest absolute Gasteiger partial charge is 0.368 e. The normalized spacial score (nSPS) is 14.3. The van der Waals surface area contributed by atoms with Crippen LogP contribution in [0.1, 0.15) is 0 Å². The molecule has 0 bridgehead atoms. The SMILES string of the molecule is O=C(Nc1cc(F)ccc1F)C(=O)N1CCN(c2ccccc2)CC1. The van der Waals surface area contributed by atoms with Crippen LogP contribution in [0.3, 0.4) is 0 Å². The predicted octanol–water partition coefficient (Wildman–Crippen LogP) is 2.25. The molecule has 7 heteroatoms. The Kier molecular flexibility index (Phi) is 4.92. The molecule has 5 nitrogen and oxygen atoms in total. The summed E-state index contributed by atoms with van der Waals surface area (Å²) >= 11 is 0. The smallest absolute Gasteiger partial charge is 0.313 e. The molecule has 130 valence electrons. The predicted molar refractivity (Wildman–Crippen MR) is 90.2 cm³/mol. The number of hydrogen-bond donors (Lipinski definition) is 1. The fraction of sp³-hybridized carbons (Fsp3) is 0.222. The quantitative estimate of drug-likeness (QED) is 0.850. The molecule has 1 heterocycles. The van der Waals surface area contributed by atoms with E-state index < -0.39 is 23.4 Å². The number of hydrogen-bond acceptors (Lipinski definition) is 3. The van der Waals surface area contributed by atoms with Gasteiger partial charge in [0.05, 0.1) is 5.69 Å². The summed E-state index contributed by atoms with van der Waals surface area (Å²) < 4.78 is 26.7. The number of para-hydroxylation sites is 1. The van der Waals surface area contributed by atoms with Gasteiger partial charge >= 0.3 is 11.8 Å². The zero-order valence-corrected chi connectivity index (χ0v) is 13.4. The number of amides is 2. The third-order valence-corrected chi connectivity index (χ3v) is 4.06. The van der Waals surface area contributed by atoms with Gasteiger partial charge in [-0.3, -0.25) is 9.59 Å². The molecule has 2 amide bonds. The minimum atomic E-state index is -0.974. The summed E-state index contributed by atoms with van der Waals surface area (Å²) in [6.45, 7) is 1.95. The Morgan fingerprint density at radius 1 is 0.920 bits per heavy atom. The van der Waals surface area contributed by atoms with Gasteiger partial charge in [0, 0.05) is 37.9 Å². The molecule has 0 atom stereocenters. The monoisotopic (exact) mass is 345 g/mol. The van der Waals surface area contributed by atoms with Crippen LogP contribution in [0, 0.1) is 11.6 Å². The lowest BCUT2D eigenvalue weighted by Gasteiger charge is -2.35. The van der Waals surface area contributed by atoms with Crippen molar-refractivity contribution in [2.24, 2.45) is 0 Å². The molecule has 1 aliphatic heterocycles. The number of rotatable bonds is 2. The third-order valence-electron chi connectivity index (χ3n) is 4.06. The number of benzene rings is 2. The first kappa shape index (κ1) is 16.9. The molecule has 0 aliphatic carbocycles. The van der Waals surface area contributed by atoms with Gasteiger partial charge in [-0.05, 0) is 24.3 Å². The molecule has 2 aromatic rings. The highest BCUT2D eigenvalue weighted by Crippen LogP contribution is 2.17. The number of nitrogens with one attached hydrogen (secondary N) is 1. The second-order valence-electron chi connectivity index (χ2n) is 5.69. The summed E-state index contributed by atoms with van der Waals surface area (Å²) in [5.41, 5.74) is 0.710. The average molecular weight is 345 g/mol. The molecule has 25 heavy (non-hydrogen) atoms. The van der Waals surface area contributed by atoms with Crippen molar-refractivity contribution >= 4 is 23.2 Å². The Labute approximate surface area is 143 Å². The van der Waals surface area contributed by atoms with Gasteiger partial charge in [0.15, 0.2) is 0 Å². The minimum absolute atomic E-state index is 0.346. The van der Waals surface area contributed by atoms with Crippen molar-refractivity contribution in [3.63, 3.8) is 0 Å². The lowest BCUT2D eigenvalue weighted by atomic mass is 10.2. The first-order valence-electron chi connectivity index (χ1n) is 7.90. The highest BCUT2D eigenvalue weighted by Gasteiger charge is 2.26. The van der Waals surface area contributed by atoms with E-state index in [0.717, 1.165) is 23.9 Å². The fourth-order valence-corrected chi connectivity index (χ4v) is 2.72. The van der Waals surface area contributed by atoms with E-state index in [0.29, 0.717) is 26.2 Å². The Balaban J connectivity index is 1.58. The van der Waals surface area contributed by atoms with Crippen molar-refractivity contribution in [2.45, 2.75) is 0 Å².